The Labute approximate surface area is 99.8 Å². The number of nitrogens with zero attached hydrogens (tertiary/aromatic N) is 1. The third-order valence-corrected chi connectivity index (χ3v) is 2.62. The van der Waals surface area contributed by atoms with E-state index in [-0.39, 0.29) is 5.56 Å². The molecule has 17 heavy (non-hydrogen) atoms. The van der Waals surface area contributed by atoms with Gasteiger partial charge in [-0.25, -0.2) is 4.79 Å². The lowest BCUT2D eigenvalue weighted by Gasteiger charge is -2.06. The summed E-state index contributed by atoms with van der Waals surface area (Å²) in [5.74, 6) is -0.948. The number of carboxylic acid groups (broad SMARTS) is 1. The molecule has 0 radical (unpaired) electrons. The van der Waals surface area contributed by atoms with E-state index in [2.05, 4.69) is 4.98 Å². The summed E-state index contributed by atoms with van der Waals surface area (Å²) >= 11 is 0. The van der Waals surface area contributed by atoms with Crippen molar-refractivity contribution in [2.75, 3.05) is 0 Å². The van der Waals surface area contributed by atoms with Gasteiger partial charge in [0, 0.05) is 11.8 Å². The summed E-state index contributed by atoms with van der Waals surface area (Å²) in [6.45, 7) is 3.89. The summed E-state index contributed by atoms with van der Waals surface area (Å²) < 4.78 is 0. The molecular formula is C14H13NO2. The first kappa shape index (κ1) is 11.3. The molecule has 1 aromatic heterocycles. The molecule has 3 nitrogen and oxygen atoms in total. The summed E-state index contributed by atoms with van der Waals surface area (Å²) in [4.78, 5) is 15.0. The van der Waals surface area contributed by atoms with Crippen LogP contribution >= 0.6 is 0 Å². The third-order valence-electron chi connectivity index (χ3n) is 2.62. The normalized spacial score (nSPS) is 10.2. The molecule has 1 aromatic carbocycles. The number of carbonyl (C=O) groups is 1. The van der Waals surface area contributed by atoms with Crippen LogP contribution in [0, 0.1) is 13.8 Å². The van der Waals surface area contributed by atoms with Crippen LogP contribution in [0.1, 0.15) is 21.5 Å². The zero-order chi connectivity index (χ0) is 12.4. The van der Waals surface area contributed by atoms with Crippen LogP contribution < -0.4 is 0 Å². The molecule has 0 aliphatic rings. The van der Waals surface area contributed by atoms with Gasteiger partial charge in [0.15, 0.2) is 0 Å². The average Bonchev–Trinajstić information content (AvgIpc) is 2.28. The molecule has 0 aliphatic carbocycles. The van der Waals surface area contributed by atoms with Gasteiger partial charge in [-0.3, -0.25) is 4.98 Å². The number of benzene rings is 1. The Hall–Kier alpha value is -2.16. The van der Waals surface area contributed by atoms with E-state index in [1.807, 2.05) is 38.1 Å². The predicted octanol–water partition coefficient (Wildman–Crippen LogP) is 3.06. The minimum atomic E-state index is -0.948. The van der Waals surface area contributed by atoms with E-state index in [1.54, 1.807) is 6.07 Å². The summed E-state index contributed by atoms with van der Waals surface area (Å²) in [5, 5.41) is 8.87. The molecule has 1 heterocycles. The Morgan fingerprint density at radius 3 is 2.59 bits per heavy atom. The first-order chi connectivity index (χ1) is 8.08. The van der Waals surface area contributed by atoms with Crippen molar-refractivity contribution in [3.05, 3.63) is 53.2 Å². The lowest BCUT2D eigenvalue weighted by Crippen LogP contribution is -1.99. The first-order valence-corrected chi connectivity index (χ1v) is 5.35. The number of aromatic carboxylic acids is 1. The molecule has 1 N–H and O–H groups in total. The molecule has 2 aromatic rings. The number of pyridine rings is 1. The molecule has 0 saturated carbocycles. The SMILES string of the molecule is Cc1cccc(-c2ncc(C(=O)O)cc2C)c1. The van der Waals surface area contributed by atoms with Crippen LogP contribution in [0.5, 0.6) is 0 Å². The second-order valence-electron chi connectivity index (χ2n) is 4.06. The maximum Gasteiger partial charge on any atom is 0.337 e. The Balaban J connectivity index is 2.50. The summed E-state index contributed by atoms with van der Waals surface area (Å²) in [6.07, 6.45) is 1.40. The van der Waals surface area contributed by atoms with Gasteiger partial charge in [-0.05, 0) is 31.5 Å². The highest BCUT2D eigenvalue weighted by Gasteiger charge is 2.08. The highest BCUT2D eigenvalue weighted by molar-refractivity contribution is 5.88. The lowest BCUT2D eigenvalue weighted by atomic mass is 10.0. The number of rotatable bonds is 2. The molecule has 0 fully saturated rings. The molecule has 0 spiro atoms. The van der Waals surface area contributed by atoms with Crippen molar-refractivity contribution < 1.29 is 9.90 Å². The molecule has 86 valence electrons. The highest BCUT2D eigenvalue weighted by atomic mass is 16.4. The summed E-state index contributed by atoms with van der Waals surface area (Å²) in [7, 11) is 0. The maximum atomic E-state index is 10.8. The Kier molecular flexibility index (Phi) is 2.91. The molecule has 0 aliphatic heterocycles. The zero-order valence-corrected chi connectivity index (χ0v) is 9.77. The minimum absolute atomic E-state index is 0.221. The topological polar surface area (TPSA) is 50.2 Å². The van der Waals surface area contributed by atoms with Crippen LogP contribution in [0.15, 0.2) is 36.5 Å². The van der Waals surface area contributed by atoms with Crippen molar-refractivity contribution in [1.29, 1.82) is 0 Å². The molecule has 3 heteroatoms. The highest BCUT2D eigenvalue weighted by Crippen LogP contribution is 2.22. The molecule has 0 bridgehead atoms. The smallest absolute Gasteiger partial charge is 0.337 e. The van der Waals surface area contributed by atoms with Crippen LogP contribution in [-0.2, 0) is 0 Å². The largest absolute Gasteiger partial charge is 0.478 e. The number of hydrogen-bond acceptors (Lipinski definition) is 2. The van der Waals surface area contributed by atoms with Gasteiger partial charge in [-0.1, -0.05) is 23.8 Å². The van der Waals surface area contributed by atoms with E-state index in [9.17, 15) is 4.79 Å². The first-order valence-electron chi connectivity index (χ1n) is 5.35. The van der Waals surface area contributed by atoms with Crippen molar-refractivity contribution in [2.24, 2.45) is 0 Å². The second-order valence-corrected chi connectivity index (χ2v) is 4.06. The van der Waals surface area contributed by atoms with Gasteiger partial charge in [0.05, 0.1) is 11.3 Å². The molecule has 2 rings (SSSR count). The van der Waals surface area contributed by atoms with E-state index < -0.39 is 5.97 Å². The molecule has 0 saturated heterocycles. The fraction of sp³-hybridized carbons (Fsp3) is 0.143. The molecule has 0 amide bonds. The van der Waals surface area contributed by atoms with Crippen LogP contribution in [0.2, 0.25) is 0 Å². The van der Waals surface area contributed by atoms with Crippen molar-refractivity contribution in [3.63, 3.8) is 0 Å². The third kappa shape index (κ3) is 2.33. The van der Waals surface area contributed by atoms with Gasteiger partial charge in [-0.15, -0.1) is 0 Å². The zero-order valence-electron chi connectivity index (χ0n) is 9.77. The van der Waals surface area contributed by atoms with Gasteiger partial charge < -0.3 is 5.11 Å². The van der Waals surface area contributed by atoms with Crippen LogP contribution in [0.25, 0.3) is 11.3 Å². The second kappa shape index (κ2) is 4.37. The van der Waals surface area contributed by atoms with E-state index in [0.717, 1.165) is 22.4 Å². The van der Waals surface area contributed by atoms with Gasteiger partial charge in [-0.2, -0.15) is 0 Å². The van der Waals surface area contributed by atoms with E-state index in [1.165, 1.54) is 6.20 Å². The van der Waals surface area contributed by atoms with Crippen LogP contribution in [-0.4, -0.2) is 16.1 Å². The van der Waals surface area contributed by atoms with Gasteiger partial charge >= 0.3 is 5.97 Å². The van der Waals surface area contributed by atoms with E-state index in [0.29, 0.717) is 0 Å². The van der Waals surface area contributed by atoms with Gasteiger partial charge in [0.2, 0.25) is 0 Å². The number of hydrogen-bond donors (Lipinski definition) is 1. The van der Waals surface area contributed by atoms with Crippen LogP contribution in [0.4, 0.5) is 0 Å². The Morgan fingerprint density at radius 2 is 2.00 bits per heavy atom. The van der Waals surface area contributed by atoms with Crippen molar-refractivity contribution in [2.45, 2.75) is 13.8 Å². The predicted molar refractivity (Wildman–Crippen MR) is 66.1 cm³/mol. The standard InChI is InChI=1S/C14H13NO2/c1-9-4-3-5-11(6-9)13-10(2)7-12(8-15-13)14(16)17/h3-8H,1-2H3,(H,16,17). The van der Waals surface area contributed by atoms with Crippen molar-refractivity contribution in [1.82, 2.24) is 4.98 Å². The molecule has 0 atom stereocenters. The Bertz CT molecular complexity index is 576. The number of carboxylic acids is 1. The average molecular weight is 227 g/mol. The van der Waals surface area contributed by atoms with E-state index in [4.69, 9.17) is 5.11 Å². The van der Waals surface area contributed by atoms with Crippen molar-refractivity contribution >= 4 is 5.97 Å². The molecular weight excluding hydrogens is 214 g/mol. The van der Waals surface area contributed by atoms with Crippen molar-refractivity contribution in [3.8, 4) is 11.3 Å². The Morgan fingerprint density at radius 1 is 1.24 bits per heavy atom. The number of aromatic nitrogens is 1. The lowest BCUT2D eigenvalue weighted by molar-refractivity contribution is 0.0696. The summed E-state index contributed by atoms with van der Waals surface area (Å²) in [6, 6.07) is 9.65. The minimum Gasteiger partial charge on any atom is -0.478 e. The quantitative estimate of drug-likeness (QED) is 0.857. The van der Waals surface area contributed by atoms with E-state index >= 15 is 0 Å². The number of aryl methyl sites for hydroxylation is 2. The molecule has 0 unspecified atom stereocenters. The fourth-order valence-corrected chi connectivity index (χ4v) is 1.79. The maximum absolute atomic E-state index is 10.8. The van der Waals surface area contributed by atoms with Gasteiger partial charge in [0.25, 0.3) is 0 Å². The van der Waals surface area contributed by atoms with Gasteiger partial charge in [0.1, 0.15) is 0 Å². The fourth-order valence-electron chi connectivity index (χ4n) is 1.79. The summed E-state index contributed by atoms with van der Waals surface area (Å²) in [5.41, 5.74) is 4.10. The monoisotopic (exact) mass is 227 g/mol. The van der Waals surface area contributed by atoms with Crippen LogP contribution in [0.3, 0.4) is 0 Å².